The van der Waals surface area contributed by atoms with Gasteiger partial charge in [0.1, 0.15) is 0 Å². The Bertz CT molecular complexity index is 476. The Labute approximate surface area is 123 Å². The van der Waals surface area contributed by atoms with E-state index in [1.54, 1.807) is 5.57 Å². The van der Waals surface area contributed by atoms with Gasteiger partial charge in [-0.05, 0) is 67.1 Å². The standard InChI is InChI=1S/C19H28O/c1-18-9-5-7-14(18)17-15(8-11-18)19(2)10-4-3-6-13(19)12-16(17)20/h5,9,12,14-17,20H,3-4,6-8,10-11H2,1-2H3/t14-,15-,16-,17-,18-,19-/m0/s1. The van der Waals surface area contributed by atoms with Gasteiger partial charge in [-0.15, -0.1) is 0 Å². The zero-order chi connectivity index (χ0) is 14.0. The molecule has 4 rings (SSSR count). The van der Waals surface area contributed by atoms with E-state index in [0.717, 1.165) is 5.92 Å². The van der Waals surface area contributed by atoms with Crippen molar-refractivity contribution in [3.05, 3.63) is 23.8 Å². The zero-order valence-corrected chi connectivity index (χ0v) is 12.9. The highest BCUT2D eigenvalue weighted by atomic mass is 16.3. The van der Waals surface area contributed by atoms with Gasteiger partial charge in [-0.2, -0.15) is 0 Å². The fourth-order valence-electron chi connectivity index (χ4n) is 6.17. The van der Waals surface area contributed by atoms with Crippen molar-refractivity contribution in [2.75, 3.05) is 0 Å². The third-order valence-corrected chi connectivity index (χ3v) is 7.37. The Morgan fingerprint density at radius 2 is 2.00 bits per heavy atom. The van der Waals surface area contributed by atoms with Crippen LogP contribution >= 0.6 is 0 Å². The minimum absolute atomic E-state index is 0.189. The topological polar surface area (TPSA) is 20.2 Å². The molecule has 2 saturated carbocycles. The van der Waals surface area contributed by atoms with Crippen molar-refractivity contribution >= 4 is 0 Å². The molecule has 0 spiro atoms. The Kier molecular flexibility index (Phi) is 2.77. The van der Waals surface area contributed by atoms with E-state index >= 15 is 0 Å². The first-order chi connectivity index (χ1) is 9.55. The van der Waals surface area contributed by atoms with Gasteiger partial charge in [-0.25, -0.2) is 0 Å². The molecule has 1 heteroatoms. The van der Waals surface area contributed by atoms with Crippen LogP contribution in [0.3, 0.4) is 0 Å². The summed E-state index contributed by atoms with van der Waals surface area (Å²) >= 11 is 0. The van der Waals surface area contributed by atoms with Crippen LogP contribution in [-0.4, -0.2) is 11.2 Å². The number of allylic oxidation sites excluding steroid dienone is 3. The summed E-state index contributed by atoms with van der Waals surface area (Å²) in [5, 5.41) is 10.8. The second-order valence-electron chi connectivity index (χ2n) is 8.28. The SMILES string of the molecule is C[C@@]12C=CC[C@H]1[C@@H]1[C@@H](O)C=C3CCCC[C@]3(C)[C@H]1CC2. The van der Waals surface area contributed by atoms with E-state index in [2.05, 4.69) is 32.1 Å². The van der Waals surface area contributed by atoms with E-state index < -0.39 is 0 Å². The Morgan fingerprint density at radius 3 is 2.85 bits per heavy atom. The molecule has 20 heavy (non-hydrogen) atoms. The van der Waals surface area contributed by atoms with Gasteiger partial charge in [-0.1, -0.05) is 44.1 Å². The maximum absolute atomic E-state index is 10.8. The van der Waals surface area contributed by atoms with Crippen molar-refractivity contribution in [3.8, 4) is 0 Å². The average molecular weight is 272 g/mol. The third-order valence-electron chi connectivity index (χ3n) is 7.37. The Morgan fingerprint density at radius 1 is 1.15 bits per heavy atom. The molecule has 0 unspecified atom stereocenters. The fourth-order valence-corrected chi connectivity index (χ4v) is 6.17. The zero-order valence-electron chi connectivity index (χ0n) is 12.9. The molecular weight excluding hydrogens is 244 g/mol. The van der Waals surface area contributed by atoms with E-state index in [1.165, 1.54) is 44.9 Å². The lowest BCUT2D eigenvalue weighted by Crippen LogP contribution is -2.53. The molecule has 0 aromatic rings. The average Bonchev–Trinajstić information content (AvgIpc) is 2.81. The first-order valence-electron chi connectivity index (χ1n) is 8.61. The van der Waals surface area contributed by atoms with Crippen molar-refractivity contribution in [1.82, 2.24) is 0 Å². The molecular formula is C19H28O. The smallest absolute Gasteiger partial charge is 0.0757 e. The van der Waals surface area contributed by atoms with Crippen LogP contribution in [0.15, 0.2) is 23.8 Å². The maximum Gasteiger partial charge on any atom is 0.0757 e. The summed E-state index contributed by atoms with van der Waals surface area (Å²) in [5.41, 5.74) is 2.34. The number of aliphatic hydroxyl groups is 1. The van der Waals surface area contributed by atoms with Crippen LogP contribution in [0.1, 0.15) is 58.8 Å². The maximum atomic E-state index is 10.8. The first kappa shape index (κ1) is 13.1. The molecule has 0 amide bonds. The quantitative estimate of drug-likeness (QED) is 0.645. The van der Waals surface area contributed by atoms with Gasteiger partial charge in [0.05, 0.1) is 6.10 Å². The third kappa shape index (κ3) is 1.59. The van der Waals surface area contributed by atoms with Gasteiger partial charge in [0.15, 0.2) is 0 Å². The summed E-state index contributed by atoms with van der Waals surface area (Å²) in [7, 11) is 0. The lowest BCUT2D eigenvalue weighted by molar-refractivity contribution is -0.0681. The van der Waals surface area contributed by atoms with E-state index in [4.69, 9.17) is 0 Å². The van der Waals surface area contributed by atoms with Crippen LogP contribution in [0.4, 0.5) is 0 Å². The molecule has 6 atom stereocenters. The summed E-state index contributed by atoms with van der Waals surface area (Å²) in [6.45, 7) is 4.93. The molecule has 1 N–H and O–H groups in total. The lowest BCUT2D eigenvalue weighted by atomic mass is 9.47. The predicted molar refractivity (Wildman–Crippen MR) is 82.2 cm³/mol. The van der Waals surface area contributed by atoms with Crippen LogP contribution in [-0.2, 0) is 0 Å². The molecule has 4 aliphatic carbocycles. The second-order valence-corrected chi connectivity index (χ2v) is 8.28. The molecule has 4 aliphatic rings. The summed E-state index contributed by atoms with van der Waals surface area (Å²) in [5.74, 6) is 1.89. The van der Waals surface area contributed by atoms with Gasteiger partial charge in [0, 0.05) is 0 Å². The van der Waals surface area contributed by atoms with Crippen molar-refractivity contribution in [1.29, 1.82) is 0 Å². The highest BCUT2D eigenvalue weighted by Crippen LogP contribution is 2.63. The van der Waals surface area contributed by atoms with Crippen LogP contribution in [0.25, 0.3) is 0 Å². The predicted octanol–water partition coefficient (Wildman–Crippen LogP) is 4.48. The van der Waals surface area contributed by atoms with Gasteiger partial charge in [0.25, 0.3) is 0 Å². The summed E-state index contributed by atoms with van der Waals surface area (Å²) in [6.07, 6.45) is 16.0. The fraction of sp³-hybridized carbons (Fsp3) is 0.789. The van der Waals surface area contributed by atoms with Crippen LogP contribution in [0.5, 0.6) is 0 Å². The Balaban J connectivity index is 1.75. The van der Waals surface area contributed by atoms with Crippen molar-refractivity contribution in [2.24, 2.45) is 28.6 Å². The molecule has 0 aromatic heterocycles. The van der Waals surface area contributed by atoms with E-state index in [0.29, 0.717) is 22.7 Å². The second kappa shape index (κ2) is 4.22. The Hall–Kier alpha value is -0.560. The summed E-state index contributed by atoms with van der Waals surface area (Å²) in [4.78, 5) is 0. The number of fused-ring (bicyclic) bond motifs is 5. The van der Waals surface area contributed by atoms with E-state index in [1.807, 2.05) is 0 Å². The van der Waals surface area contributed by atoms with Crippen molar-refractivity contribution in [2.45, 2.75) is 64.9 Å². The van der Waals surface area contributed by atoms with Crippen molar-refractivity contribution < 1.29 is 5.11 Å². The highest BCUT2D eigenvalue weighted by Gasteiger charge is 2.56. The van der Waals surface area contributed by atoms with Gasteiger partial charge >= 0.3 is 0 Å². The monoisotopic (exact) mass is 272 g/mol. The number of aliphatic hydroxyl groups excluding tert-OH is 1. The first-order valence-corrected chi connectivity index (χ1v) is 8.61. The molecule has 2 fully saturated rings. The molecule has 1 nitrogen and oxygen atoms in total. The van der Waals surface area contributed by atoms with Crippen LogP contribution in [0.2, 0.25) is 0 Å². The minimum Gasteiger partial charge on any atom is -0.389 e. The highest BCUT2D eigenvalue weighted by molar-refractivity contribution is 5.28. The van der Waals surface area contributed by atoms with Crippen LogP contribution < -0.4 is 0 Å². The summed E-state index contributed by atoms with van der Waals surface area (Å²) in [6, 6.07) is 0. The number of hydrogen-bond acceptors (Lipinski definition) is 1. The number of rotatable bonds is 0. The van der Waals surface area contributed by atoms with Crippen LogP contribution in [0, 0.1) is 28.6 Å². The molecule has 0 radical (unpaired) electrons. The van der Waals surface area contributed by atoms with Gasteiger partial charge in [-0.3, -0.25) is 0 Å². The molecule has 0 aliphatic heterocycles. The molecule has 0 bridgehead atoms. The summed E-state index contributed by atoms with van der Waals surface area (Å²) < 4.78 is 0. The largest absolute Gasteiger partial charge is 0.389 e. The minimum atomic E-state index is -0.189. The van der Waals surface area contributed by atoms with Crippen molar-refractivity contribution in [3.63, 3.8) is 0 Å². The molecule has 0 heterocycles. The molecule has 110 valence electrons. The van der Waals surface area contributed by atoms with E-state index in [-0.39, 0.29) is 6.10 Å². The normalized spacial score (nSPS) is 53.9. The number of hydrogen-bond donors (Lipinski definition) is 1. The van der Waals surface area contributed by atoms with Gasteiger partial charge in [0.2, 0.25) is 0 Å². The van der Waals surface area contributed by atoms with E-state index in [9.17, 15) is 5.11 Å². The molecule has 0 aromatic carbocycles. The molecule has 0 saturated heterocycles. The van der Waals surface area contributed by atoms with Gasteiger partial charge < -0.3 is 5.11 Å². The lowest BCUT2D eigenvalue weighted by Gasteiger charge is -2.58.